The molecule has 1 unspecified atom stereocenters. The maximum absolute atomic E-state index is 13.9. The van der Waals surface area contributed by atoms with Crippen LogP contribution >= 0.6 is 0 Å². The van der Waals surface area contributed by atoms with Crippen molar-refractivity contribution in [3.05, 3.63) is 127 Å². The van der Waals surface area contributed by atoms with E-state index in [9.17, 15) is 29.8 Å². The molecule has 0 aromatic heterocycles. The molecule has 1 aliphatic rings. The summed E-state index contributed by atoms with van der Waals surface area (Å²) in [6, 6.07) is 22.4. The molecular formula is C34H32N4O10. The van der Waals surface area contributed by atoms with E-state index in [4.69, 9.17) is 18.9 Å². The highest BCUT2D eigenvalue weighted by Crippen LogP contribution is 2.41. The predicted molar refractivity (Wildman–Crippen MR) is 172 cm³/mol. The van der Waals surface area contributed by atoms with Crippen LogP contribution in [-0.4, -0.2) is 65.8 Å². The number of nitrogens with zero attached hydrogens (tertiary/aromatic N) is 4. The van der Waals surface area contributed by atoms with Crippen LogP contribution in [0.4, 0.5) is 11.4 Å². The molecule has 5 rings (SSSR count). The molecule has 4 aromatic carbocycles. The van der Waals surface area contributed by atoms with Gasteiger partial charge in [0.2, 0.25) is 6.41 Å². The third kappa shape index (κ3) is 7.28. The molecule has 14 heteroatoms. The zero-order valence-electron chi connectivity index (χ0n) is 26.1. The van der Waals surface area contributed by atoms with E-state index < -0.39 is 27.5 Å². The van der Waals surface area contributed by atoms with Crippen LogP contribution in [0, 0.1) is 20.2 Å². The van der Waals surface area contributed by atoms with Gasteiger partial charge in [-0.05, 0) is 17.2 Å². The highest BCUT2D eigenvalue weighted by atomic mass is 16.6. The number of benzene rings is 4. The van der Waals surface area contributed by atoms with Crippen LogP contribution in [0.15, 0.2) is 84.9 Å². The van der Waals surface area contributed by atoms with Crippen LogP contribution in [0.5, 0.6) is 23.0 Å². The van der Waals surface area contributed by atoms with Crippen molar-refractivity contribution in [3.63, 3.8) is 0 Å². The number of hydrogen-bond donors (Lipinski definition) is 0. The quantitative estimate of drug-likeness (QED) is 0.104. The zero-order chi connectivity index (χ0) is 34.2. The van der Waals surface area contributed by atoms with Crippen molar-refractivity contribution in [3.8, 4) is 23.0 Å². The lowest BCUT2D eigenvalue weighted by molar-refractivity contribution is -0.386. The minimum Gasteiger partial charge on any atom is -0.493 e. The van der Waals surface area contributed by atoms with Crippen molar-refractivity contribution in [2.45, 2.75) is 19.3 Å². The fourth-order valence-electron chi connectivity index (χ4n) is 5.43. The molecule has 4 aromatic rings. The first-order valence-electron chi connectivity index (χ1n) is 14.8. The maximum atomic E-state index is 13.9. The number of ether oxygens (including phenoxy) is 4. The number of nitro groups is 2. The van der Waals surface area contributed by atoms with Gasteiger partial charge >= 0.3 is 0 Å². The van der Waals surface area contributed by atoms with Crippen molar-refractivity contribution in [2.75, 3.05) is 33.9 Å². The zero-order valence-corrected chi connectivity index (χ0v) is 26.1. The van der Waals surface area contributed by atoms with Gasteiger partial charge in [0.1, 0.15) is 18.8 Å². The Bertz CT molecular complexity index is 1800. The maximum Gasteiger partial charge on any atom is 0.286 e. The van der Waals surface area contributed by atoms with Crippen molar-refractivity contribution in [2.24, 2.45) is 0 Å². The number of rotatable bonds is 13. The second kappa shape index (κ2) is 14.9. The van der Waals surface area contributed by atoms with Gasteiger partial charge in [0.05, 0.1) is 47.8 Å². The molecule has 0 radical (unpaired) electrons. The number of amides is 2. The summed E-state index contributed by atoms with van der Waals surface area (Å²) in [5, 5.41) is 24.5. The predicted octanol–water partition coefficient (Wildman–Crippen LogP) is 5.33. The van der Waals surface area contributed by atoms with Crippen LogP contribution in [0.25, 0.3) is 0 Å². The summed E-state index contributed by atoms with van der Waals surface area (Å²) < 4.78 is 22.6. The number of carbonyl (C=O) groups is 2. The van der Waals surface area contributed by atoms with Crippen LogP contribution in [0.2, 0.25) is 0 Å². The van der Waals surface area contributed by atoms with Crippen molar-refractivity contribution in [1.29, 1.82) is 0 Å². The normalized spacial score (nSPS) is 14.2. The summed E-state index contributed by atoms with van der Waals surface area (Å²) >= 11 is 0. The number of nitro benzene ring substituents is 2. The first-order chi connectivity index (χ1) is 23.2. The van der Waals surface area contributed by atoms with E-state index in [-0.39, 0.29) is 72.7 Å². The molecule has 0 aliphatic carbocycles. The number of methoxy groups -OCH3 is 2. The molecule has 248 valence electrons. The molecule has 0 spiro atoms. The first kappa shape index (κ1) is 33.2. The van der Waals surface area contributed by atoms with Crippen molar-refractivity contribution in [1.82, 2.24) is 9.80 Å². The Morgan fingerprint density at radius 2 is 1.29 bits per heavy atom. The van der Waals surface area contributed by atoms with Gasteiger partial charge in [-0.15, -0.1) is 0 Å². The summed E-state index contributed by atoms with van der Waals surface area (Å²) in [6.45, 7) is 0.0584. The van der Waals surface area contributed by atoms with E-state index >= 15 is 0 Å². The van der Waals surface area contributed by atoms with Gasteiger partial charge < -0.3 is 28.7 Å². The topological polar surface area (TPSA) is 164 Å². The third-order valence-corrected chi connectivity index (χ3v) is 7.90. The fraction of sp³-hybridized carbons (Fsp3) is 0.235. The molecule has 1 atom stereocenters. The molecular weight excluding hydrogens is 624 g/mol. The second-order valence-electron chi connectivity index (χ2n) is 10.8. The average molecular weight is 657 g/mol. The first-order valence-corrected chi connectivity index (χ1v) is 14.8. The second-order valence-corrected chi connectivity index (χ2v) is 10.8. The van der Waals surface area contributed by atoms with E-state index in [1.54, 1.807) is 0 Å². The van der Waals surface area contributed by atoms with Gasteiger partial charge in [0.15, 0.2) is 23.0 Å². The highest BCUT2D eigenvalue weighted by molar-refractivity contribution is 5.99. The molecule has 0 N–H and O–H groups in total. The van der Waals surface area contributed by atoms with Crippen molar-refractivity contribution < 1.29 is 38.4 Å². The SMILES string of the molecule is COc1cc(C(=O)N2CCN(C=O)C(c3cc(OC)c(OCc4ccccc4)cc3[N+](=O)[O-])C2)c([N+](=O)[O-])cc1OCc1ccccc1. The van der Waals surface area contributed by atoms with E-state index in [1.807, 2.05) is 60.7 Å². The van der Waals surface area contributed by atoms with Gasteiger partial charge in [0, 0.05) is 25.7 Å². The lowest BCUT2D eigenvalue weighted by Gasteiger charge is -2.39. The van der Waals surface area contributed by atoms with Crippen LogP contribution in [0.1, 0.15) is 33.1 Å². The van der Waals surface area contributed by atoms with Gasteiger partial charge in [-0.1, -0.05) is 60.7 Å². The molecule has 1 fully saturated rings. The Hall–Kier alpha value is -6.18. The Morgan fingerprint density at radius 3 is 1.79 bits per heavy atom. The molecule has 0 bridgehead atoms. The molecule has 14 nitrogen and oxygen atoms in total. The Morgan fingerprint density at radius 1 is 0.771 bits per heavy atom. The van der Waals surface area contributed by atoms with Crippen LogP contribution < -0.4 is 18.9 Å². The van der Waals surface area contributed by atoms with E-state index in [2.05, 4.69) is 0 Å². The molecule has 2 amide bonds. The number of carbonyl (C=O) groups excluding carboxylic acids is 2. The van der Waals surface area contributed by atoms with E-state index in [0.717, 1.165) is 17.2 Å². The van der Waals surface area contributed by atoms with E-state index in [1.165, 1.54) is 42.2 Å². The summed E-state index contributed by atoms with van der Waals surface area (Å²) in [7, 11) is 2.73. The standard InChI is InChI=1S/C34H32N4O10/c1-45-30-15-25(27(37(41)42)17-32(30)47-20-23-9-5-3-6-10-23)29-19-35(13-14-36(29)22-39)34(40)26-16-31(46-2)33(18-28(26)38(43)44)48-21-24-11-7-4-8-12-24/h3-12,15-18,22,29H,13-14,19-21H2,1-2H3. The lowest BCUT2D eigenvalue weighted by Crippen LogP contribution is -2.50. The lowest BCUT2D eigenvalue weighted by atomic mass is 9.99. The molecule has 1 aliphatic heterocycles. The summed E-state index contributed by atoms with van der Waals surface area (Å²) in [5.41, 5.74) is 0.636. The fourth-order valence-corrected chi connectivity index (χ4v) is 5.43. The monoisotopic (exact) mass is 656 g/mol. The largest absolute Gasteiger partial charge is 0.493 e. The smallest absolute Gasteiger partial charge is 0.286 e. The van der Waals surface area contributed by atoms with E-state index in [0.29, 0.717) is 6.41 Å². The van der Waals surface area contributed by atoms with Gasteiger partial charge in [0.25, 0.3) is 17.3 Å². The third-order valence-electron chi connectivity index (χ3n) is 7.90. The molecule has 1 heterocycles. The minimum absolute atomic E-state index is 0.00877. The van der Waals surface area contributed by atoms with Gasteiger partial charge in [-0.2, -0.15) is 0 Å². The highest BCUT2D eigenvalue weighted by Gasteiger charge is 2.37. The summed E-state index contributed by atoms with van der Waals surface area (Å²) in [5.74, 6) is -0.231. The molecule has 0 saturated carbocycles. The van der Waals surface area contributed by atoms with Gasteiger partial charge in [-0.25, -0.2) is 0 Å². The Labute approximate surface area is 275 Å². The number of hydrogen-bond acceptors (Lipinski definition) is 10. The number of piperazine rings is 1. The Balaban J connectivity index is 1.45. The summed E-state index contributed by atoms with van der Waals surface area (Å²) in [6.07, 6.45) is 0.548. The summed E-state index contributed by atoms with van der Waals surface area (Å²) in [4.78, 5) is 51.9. The molecule has 1 saturated heterocycles. The Kier molecular flexibility index (Phi) is 10.3. The van der Waals surface area contributed by atoms with Crippen LogP contribution in [-0.2, 0) is 18.0 Å². The van der Waals surface area contributed by atoms with Crippen LogP contribution in [0.3, 0.4) is 0 Å². The minimum atomic E-state index is -0.980. The van der Waals surface area contributed by atoms with Crippen molar-refractivity contribution >= 4 is 23.7 Å². The molecule has 48 heavy (non-hydrogen) atoms. The average Bonchev–Trinajstić information content (AvgIpc) is 3.12. The van der Waals surface area contributed by atoms with Gasteiger partial charge in [-0.3, -0.25) is 29.8 Å².